The number of carbonyl (C=O) groups is 2. The van der Waals surface area contributed by atoms with Gasteiger partial charge in [-0.3, -0.25) is 9.59 Å². The number of rotatable bonds is 2. The van der Waals surface area contributed by atoms with Crippen molar-refractivity contribution in [2.24, 2.45) is 11.7 Å². The van der Waals surface area contributed by atoms with Gasteiger partial charge in [0, 0.05) is 36.4 Å². The standard InChI is InChI=1S/C16H18Cl2N2O3/c17-11-3-4-12(21)14(15(11)18)9-5-10-2-1-8(16(19)23)6-13(22)20(10)7-9/h3-4,8-10,21H,1-2,5-7H2,(H2,19,23)/t8-,9+,10-/m1/s1. The van der Waals surface area contributed by atoms with Crippen LogP contribution in [0.5, 0.6) is 5.75 Å². The maximum atomic E-state index is 12.4. The number of hydrogen-bond donors (Lipinski definition) is 2. The number of hydrogen-bond acceptors (Lipinski definition) is 3. The molecular formula is C16H18Cl2N2O3. The maximum absolute atomic E-state index is 12.4. The molecule has 0 spiro atoms. The van der Waals surface area contributed by atoms with Crippen LogP contribution in [0.1, 0.15) is 37.2 Å². The smallest absolute Gasteiger partial charge is 0.223 e. The molecule has 2 amide bonds. The molecule has 1 aromatic rings. The Bertz CT molecular complexity index is 665. The van der Waals surface area contributed by atoms with Crippen LogP contribution in [0.15, 0.2) is 12.1 Å². The Morgan fingerprint density at radius 2 is 2.04 bits per heavy atom. The molecule has 2 aliphatic rings. The number of primary amides is 1. The van der Waals surface area contributed by atoms with E-state index in [1.807, 2.05) is 0 Å². The minimum Gasteiger partial charge on any atom is -0.508 e. The van der Waals surface area contributed by atoms with Crippen LogP contribution in [0, 0.1) is 5.92 Å². The molecule has 1 aromatic carbocycles. The summed E-state index contributed by atoms with van der Waals surface area (Å²) in [6, 6.07) is 3.13. The number of nitrogens with two attached hydrogens (primary N) is 1. The summed E-state index contributed by atoms with van der Waals surface area (Å²) >= 11 is 12.3. The Hall–Kier alpha value is -1.46. The van der Waals surface area contributed by atoms with Gasteiger partial charge in [-0.05, 0) is 31.4 Å². The van der Waals surface area contributed by atoms with E-state index in [9.17, 15) is 14.7 Å². The minimum absolute atomic E-state index is 0.0475. The summed E-state index contributed by atoms with van der Waals surface area (Å²) in [4.78, 5) is 25.6. The Balaban J connectivity index is 1.84. The van der Waals surface area contributed by atoms with Crippen molar-refractivity contribution in [3.05, 3.63) is 27.7 Å². The fourth-order valence-electron chi connectivity index (χ4n) is 3.72. The predicted molar refractivity (Wildman–Crippen MR) is 87.5 cm³/mol. The van der Waals surface area contributed by atoms with Crippen LogP contribution >= 0.6 is 23.2 Å². The molecular weight excluding hydrogens is 339 g/mol. The molecule has 2 saturated heterocycles. The fraction of sp³-hybridized carbons (Fsp3) is 0.500. The van der Waals surface area contributed by atoms with Crippen molar-refractivity contribution in [2.75, 3.05) is 6.54 Å². The average Bonchev–Trinajstić information content (AvgIpc) is 2.84. The van der Waals surface area contributed by atoms with Crippen molar-refractivity contribution in [3.8, 4) is 5.75 Å². The first kappa shape index (κ1) is 16.4. The molecule has 5 nitrogen and oxygen atoms in total. The van der Waals surface area contributed by atoms with Gasteiger partial charge in [0.15, 0.2) is 0 Å². The molecule has 2 fully saturated rings. The van der Waals surface area contributed by atoms with Gasteiger partial charge in [0.1, 0.15) is 5.75 Å². The van der Waals surface area contributed by atoms with Crippen molar-refractivity contribution < 1.29 is 14.7 Å². The number of amides is 2. The summed E-state index contributed by atoms with van der Waals surface area (Å²) in [5.41, 5.74) is 5.95. The summed E-state index contributed by atoms with van der Waals surface area (Å²) < 4.78 is 0. The third kappa shape index (κ3) is 3.00. The van der Waals surface area contributed by atoms with Gasteiger partial charge < -0.3 is 15.7 Å². The van der Waals surface area contributed by atoms with Gasteiger partial charge in [0.25, 0.3) is 0 Å². The molecule has 3 atom stereocenters. The van der Waals surface area contributed by atoms with Gasteiger partial charge in [0.05, 0.1) is 10.0 Å². The fourth-order valence-corrected chi connectivity index (χ4v) is 4.19. The second-order valence-electron chi connectivity index (χ2n) is 6.31. The number of benzene rings is 1. The first-order valence-electron chi connectivity index (χ1n) is 7.64. The number of halogens is 2. The van der Waals surface area contributed by atoms with Crippen LogP contribution in [-0.2, 0) is 9.59 Å². The predicted octanol–water partition coefficient (Wildman–Crippen LogP) is 2.67. The van der Waals surface area contributed by atoms with E-state index >= 15 is 0 Å². The molecule has 0 saturated carbocycles. The minimum atomic E-state index is -0.411. The quantitative estimate of drug-likeness (QED) is 0.854. The highest BCUT2D eigenvalue weighted by Gasteiger charge is 2.41. The van der Waals surface area contributed by atoms with Crippen molar-refractivity contribution in [3.63, 3.8) is 0 Å². The Morgan fingerprint density at radius 1 is 1.30 bits per heavy atom. The van der Waals surface area contributed by atoms with Crippen LogP contribution in [0.2, 0.25) is 10.0 Å². The average molecular weight is 357 g/mol. The third-order valence-corrected chi connectivity index (χ3v) is 5.74. The van der Waals surface area contributed by atoms with Crippen molar-refractivity contribution >= 4 is 35.0 Å². The molecule has 2 heterocycles. The summed E-state index contributed by atoms with van der Waals surface area (Å²) in [5, 5.41) is 10.9. The van der Waals surface area contributed by atoms with Gasteiger partial charge in [-0.15, -0.1) is 0 Å². The Labute approximate surface area is 144 Å². The van der Waals surface area contributed by atoms with Gasteiger partial charge in [-0.1, -0.05) is 23.2 Å². The van der Waals surface area contributed by atoms with Crippen LogP contribution in [0.25, 0.3) is 0 Å². The molecule has 7 heteroatoms. The summed E-state index contributed by atoms with van der Waals surface area (Å²) in [5.74, 6) is -0.803. The zero-order valence-electron chi connectivity index (χ0n) is 12.5. The molecule has 2 aliphatic heterocycles. The van der Waals surface area contributed by atoms with Gasteiger partial charge >= 0.3 is 0 Å². The topological polar surface area (TPSA) is 83.6 Å². The van der Waals surface area contributed by atoms with E-state index in [-0.39, 0.29) is 36.0 Å². The Morgan fingerprint density at radius 3 is 2.74 bits per heavy atom. The monoisotopic (exact) mass is 356 g/mol. The van der Waals surface area contributed by atoms with Crippen molar-refractivity contribution in [1.82, 2.24) is 4.90 Å². The summed E-state index contributed by atoms with van der Waals surface area (Å²) in [6.07, 6.45) is 2.21. The first-order valence-corrected chi connectivity index (χ1v) is 8.39. The lowest BCUT2D eigenvalue weighted by Gasteiger charge is -2.21. The van der Waals surface area contributed by atoms with E-state index in [1.54, 1.807) is 11.0 Å². The SMILES string of the molecule is NC(=O)[C@@H]1CC[C@@H]2C[C@H](c3c(O)ccc(Cl)c3Cl)CN2C(=O)C1. The lowest BCUT2D eigenvalue weighted by molar-refractivity contribution is -0.134. The lowest BCUT2D eigenvalue weighted by Crippen LogP contribution is -2.34. The zero-order chi connectivity index (χ0) is 16.7. The largest absolute Gasteiger partial charge is 0.508 e. The maximum Gasteiger partial charge on any atom is 0.223 e. The number of aromatic hydroxyl groups is 1. The van der Waals surface area contributed by atoms with Gasteiger partial charge in [-0.2, -0.15) is 0 Å². The molecule has 0 unspecified atom stereocenters. The highest BCUT2D eigenvalue weighted by Crippen LogP contribution is 2.44. The van der Waals surface area contributed by atoms with Crippen LogP contribution < -0.4 is 5.73 Å². The second-order valence-corrected chi connectivity index (χ2v) is 7.09. The zero-order valence-corrected chi connectivity index (χ0v) is 14.0. The highest BCUT2D eigenvalue weighted by atomic mass is 35.5. The van der Waals surface area contributed by atoms with Crippen LogP contribution in [-0.4, -0.2) is 34.4 Å². The van der Waals surface area contributed by atoms with E-state index in [0.29, 0.717) is 35.0 Å². The number of carbonyl (C=O) groups excluding carboxylic acids is 2. The molecule has 3 rings (SSSR count). The molecule has 0 radical (unpaired) electrons. The van der Waals surface area contributed by atoms with E-state index in [4.69, 9.17) is 28.9 Å². The third-order valence-electron chi connectivity index (χ3n) is 4.92. The second kappa shape index (κ2) is 6.21. The molecule has 0 bridgehead atoms. The summed E-state index contributed by atoms with van der Waals surface area (Å²) in [6.45, 7) is 0.475. The highest BCUT2D eigenvalue weighted by molar-refractivity contribution is 6.42. The number of fused-ring (bicyclic) bond motifs is 1. The van der Waals surface area contributed by atoms with E-state index in [0.717, 1.165) is 6.42 Å². The molecule has 0 aliphatic carbocycles. The van der Waals surface area contributed by atoms with Gasteiger partial charge in [0.2, 0.25) is 11.8 Å². The normalized spacial score (nSPS) is 27.7. The molecule has 124 valence electrons. The van der Waals surface area contributed by atoms with E-state index < -0.39 is 5.91 Å². The van der Waals surface area contributed by atoms with Crippen molar-refractivity contribution in [1.29, 1.82) is 0 Å². The molecule has 3 N–H and O–H groups in total. The lowest BCUT2D eigenvalue weighted by atomic mass is 9.92. The molecule has 0 aromatic heterocycles. The van der Waals surface area contributed by atoms with E-state index in [2.05, 4.69) is 0 Å². The van der Waals surface area contributed by atoms with Crippen molar-refractivity contribution in [2.45, 2.75) is 37.6 Å². The van der Waals surface area contributed by atoms with Crippen LogP contribution in [0.3, 0.4) is 0 Å². The summed E-state index contributed by atoms with van der Waals surface area (Å²) in [7, 11) is 0. The van der Waals surface area contributed by atoms with Gasteiger partial charge in [-0.25, -0.2) is 0 Å². The Kier molecular flexibility index (Phi) is 4.43. The van der Waals surface area contributed by atoms with Crippen LogP contribution in [0.4, 0.5) is 0 Å². The van der Waals surface area contributed by atoms with E-state index in [1.165, 1.54) is 6.07 Å². The first-order chi connectivity index (χ1) is 10.9. The number of nitrogens with zero attached hydrogens (tertiary/aromatic N) is 1. The molecule has 23 heavy (non-hydrogen) atoms. The number of phenols is 1. The number of phenolic OH excluding ortho intramolecular Hbond substituents is 1.